The lowest BCUT2D eigenvalue weighted by atomic mass is 9.78. The number of hydrogen-bond donors (Lipinski definition) is 2. The zero-order valence-corrected chi connectivity index (χ0v) is 22.4. The highest BCUT2D eigenvalue weighted by molar-refractivity contribution is 6.01. The van der Waals surface area contributed by atoms with E-state index < -0.39 is 0 Å². The van der Waals surface area contributed by atoms with E-state index >= 15 is 0 Å². The Kier molecular flexibility index (Phi) is 8.10. The first-order valence-electron chi connectivity index (χ1n) is 12.6. The second-order valence-electron chi connectivity index (χ2n) is 11.9. The number of benzene rings is 2. The molecular weight excluding hydrogens is 436 g/mol. The molecule has 2 atom stereocenters. The van der Waals surface area contributed by atoms with Gasteiger partial charge in [-0.3, -0.25) is 10.2 Å². The van der Waals surface area contributed by atoms with Crippen molar-refractivity contribution in [2.24, 2.45) is 5.92 Å². The monoisotopic (exact) mass is 478 g/mol. The highest BCUT2D eigenvalue weighted by Crippen LogP contribution is 2.41. The molecule has 5 heteroatoms. The molecule has 0 radical (unpaired) electrons. The maximum absolute atomic E-state index is 13.6. The van der Waals surface area contributed by atoms with Gasteiger partial charge in [-0.25, -0.2) is 0 Å². The molecule has 2 aromatic carbocycles. The molecule has 0 aliphatic carbocycles. The number of nitrogens with zero attached hydrogens (tertiary/aromatic N) is 1. The quantitative estimate of drug-likeness (QED) is 0.345. The summed E-state index contributed by atoms with van der Waals surface area (Å²) in [5, 5.41) is 20.0. The van der Waals surface area contributed by atoms with Gasteiger partial charge in [-0.2, -0.15) is 0 Å². The summed E-state index contributed by atoms with van der Waals surface area (Å²) in [6, 6.07) is 13.9. The van der Waals surface area contributed by atoms with Gasteiger partial charge in [0.2, 0.25) is 0 Å². The fourth-order valence-electron chi connectivity index (χ4n) is 5.10. The van der Waals surface area contributed by atoms with Crippen LogP contribution in [0.15, 0.2) is 42.5 Å². The molecular formula is C30H42N2O3. The Bertz CT molecular complexity index is 1010. The molecule has 0 bridgehead atoms. The van der Waals surface area contributed by atoms with Crippen LogP contribution in [0.25, 0.3) is 0 Å². The first-order chi connectivity index (χ1) is 16.3. The number of amidine groups is 1. The van der Waals surface area contributed by atoms with Gasteiger partial charge in [0.05, 0.1) is 6.54 Å². The number of ether oxygens (including phenoxy) is 1. The van der Waals surface area contributed by atoms with Gasteiger partial charge in [0.25, 0.3) is 0 Å². The number of rotatable bonds is 8. The van der Waals surface area contributed by atoms with Crippen LogP contribution < -0.4 is 0 Å². The minimum absolute atomic E-state index is 0.0176. The van der Waals surface area contributed by atoms with Crippen molar-refractivity contribution in [2.45, 2.75) is 71.1 Å². The number of aromatic hydroxyl groups is 1. The number of hydrogen-bond acceptors (Lipinski definition) is 4. The van der Waals surface area contributed by atoms with Gasteiger partial charge in [0.1, 0.15) is 11.6 Å². The summed E-state index contributed by atoms with van der Waals surface area (Å²) < 4.78 is 5.26. The molecule has 2 N–H and O–H groups in total. The summed E-state index contributed by atoms with van der Waals surface area (Å²) in [7, 11) is 1.71. The largest absolute Gasteiger partial charge is 0.507 e. The van der Waals surface area contributed by atoms with Crippen molar-refractivity contribution in [1.29, 1.82) is 5.41 Å². The van der Waals surface area contributed by atoms with E-state index in [9.17, 15) is 9.90 Å². The van der Waals surface area contributed by atoms with E-state index in [0.29, 0.717) is 24.6 Å². The number of carbonyl (C=O) groups excluding carboxylic acids is 1. The Morgan fingerprint density at radius 2 is 1.63 bits per heavy atom. The predicted molar refractivity (Wildman–Crippen MR) is 143 cm³/mol. The van der Waals surface area contributed by atoms with Crippen LogP contribution in [0.5, 0.6) is 5.75 Å². The number of ketones is 1. The number of phenolic OH excluding ortho intramolecular Hbond substituents is 1. The topological polar surface area (TPSA) is 73.6 Å². The molecule has 0 amide bonds. The molecule has 5 nitrogen and oxygen atoms in total. The summed E-state index contributed by atoms with van der Waals surface area (Å²) in [4.78, 5) is 15.5. The Balaban J connectivity index is 1.91. The predicted octanol–water partition coefficient (Wildman–Crippen LogP) is 6.29. The van der Waals surface area contributed by atoms with Crippen molar-refractivity contribution in [3.8, 4) is 5.75 Å². The van der Waals surface area contributed by atoms with Crippen LogP contribution in [-0.2, 0) is 15.6 Å². The average Bonchev–Trinajstić information content (AvgIpc) is 3.07. The van der Waals surface area contributed by atoms with Crippen LogP contribution in [0.3, 0.4) is 0 Å². The molecule has 0 spiro atoms. The summed E-state index contributed by atoms with van der Waals surface area (Å²) in [5.74, 6) is 1.02. The second-order valence-corrected chi connectivity index (χ2v) is 11.9. The second kappa shape index (κ2) is 10.5. The molecule has 1 fully saturated rings. The van der Waals surface area contributed by atoms with Gasteiger partial charge in [-0.15, -0.1) is 0 Å². The molecule has 1 heterocycles. The lowest BCUT2D eigenvalue weighted by molar-refractivity contribution is 0.0962. The van der Waals surface area contributed by atoms with Crippen molar-refractivity contribution in [3.63, 3.8) is 0 Å². The minimum atomic E-state index is -0.300. The first kappa shape index (κ1) is 26.9. The molecule has 35 heavy (non-hydrogen) atoms. The lowest BCUT2D eigenvalue weighted by Gasteiger charge is -2.28. The van der Waals surface area contributed by atoms with Gasteiger partial charge in [0, 0.05) is 42.9 Å². The highest BCUT2D eigenvalue weighted by atomic mass is 16.5. The molecule has 1 aliphatic rings. The lowest BCUT2D eigenvalue weighted by Crippen LogP contribution is -2.32. The molecule has 0 unspecified atom stereocenters. The van der Waals surface area contributed by atoms with Crippen LogP contribution in [0.1, 0.15) is 87.4 Å². The van der Waals surface area contributed by atoms with E-state index in [2.05, 4.69) is 12.1 Å². The minimum Gasteiger partial charge on any atom is -0.507 e. The third kappa shape index (κ3) is 6.13. The Hall–Kier alpha value is -2.66. The van der Waals surface area contributed by atoms with E-state index in [1.807, 2.05) is 76.8 Å². The summed E-state index contributed by atoms with van der Waals surface area (Å²) in [5.41, 5.74) is 2.69. The number of methoxy groups -OCH3 is 1. The number of phenols is 1. The van der Waals surface area contributed by atoms with E-state index in [-0.39, 0.29) is 40.7 Å². The SMILES string of the molecule is COCCC[C@@H]1CN(CC(=O)c2cc(C(C)(C)C)c(O)c(C(C)(C)C)c2)C(=N)[C@@H]1c1ccccc1. The van der Waals surface area contributed by atoms with Crippen LogP contribution in [0.2, 0.25) is 0 Å². The summed E-state index contributed by atoms with van der Waals surface area (Å²) in [6.45, 7) is 13.8. The molecule has 2 aromatic rings. The Morgan fingerprint density at radius 3 is 2.14 bits per heavy atom. The molecule has 1 aliphatic heterocycles. The maximum Gasteiger partial charge on any atom is 0.182 e. The Labute approximate surface area is 211 Å². The molecule has 0 saturated carbocycles. The van der Waals surface area contributed by atoms with Crippen molar-refractivity contribution < 1.29 is 14.6 Å². The number of Topliss-reactive ketones (excluding diaryl/α,β-unsaturated/α-hetero) is 1. The van der Waals surface area contributed by atoms with Gasteiger partial charge in [0.15, 0.2) is 5.78 Å². The van der Waals surface area contributed by atoms with Crippen molar-refractivity contribution >= 4 is 11.6 Å². The van der Waals surface area contributed by atoms with Crippen LogP contribution in [0, 0.1) is 11.3 Å². The fraction of sp³-hybridized carbons (Fsp3) is 0.533. The summed E-state index contributed by atoms with van der Waals surface area (Å²) >= 11 is 0. The standard InChI is InChI=1S/C30H42N2O3/c1-29(2,3)23-16-22(17-24(27(23)34)30(4,5)6)25(33)19-32-18-21(14-11-15-35-7)26(28(32)31)20-12-9-8-10-13-20/h8-10,12-13,16-17,21,26,31,34H,11,14-15,18-19H2,1-7H3/t21-,26-/m1/s1. The highest BCUT2D eigenvalue weighted by Gasteiger charge is 2.39. The summed E-state index contributed by atoms with van der Waals surface area (Å²) in [6.07, 6.45) is 1.88. The van der Waals surface area contributed by atoms with Gasteiger partial charge in [-0.1, -0.05) is 71.9 Å². The molecule has 190 valence electrons. The van der Waals surface area contributed by atoms with E-state index in [0.717, 1.165) is 29.5 Å². The van der Waals surface area contributed by atoms with E-state index in [1.54, 1.807) is 7.11 Å². The average molecular weight is 479 g/mol. The van der Waals surface area contributed by atoms with Crippen LogP contribution >= 0.6 is 0 Å². The zero-order valence-electron chi connectivity index (χ0n) is 22.4. The van der Waals surface area contributed by atoms with Crippen molar-refractivity contribution in [3.05, 3.63) is 64.7 Å². The molecule has 0 aromatic heterocycles. The number of carbonyl (C=O) groups is 1. The number of nitrogens with one attached hydrogen (secondary N) is 1. The van der Waals surface area contributed by atoms with Gasteiger partial charge in [-0.05, 0) is 47.3 Å². The van der Waals surface area contributed by atoms with Crippen molar-refractivity contribution in [1.82, 2.24) is 4.90 Å². The van der Waals surface area contributed by atoms with Crippen LogP contribution in [-0.4, -0.2) is 48.4 Å². The number of likely N-dealkylation sites (tertiary alicyclic amines) is 1. The van der Waals surface area contributed by atoms with Crippen LogP contribution in [0.4, 0.5) is 0 Å². The Morgan fingerprint density at radius 1 is 1.06 bits per heavy atom. The molecule has 1 saturated heterocycles. The van der Waals surface area contributed by atoms with Gasteiger partial charge < -0.3 is 14.7 Å². The normalized spacial score (nSPS) is 18.8. The van der Waals surface area contributed by atoms with E-state index in [4.69, 9.17) is 10.1 Å². The first-order valence-corrected chi connectivity index (χ1v) is 12.6. The fourth-order valence-corrected chi connectivity index (χ4v) is 5.10. The smallest absolute Gasteiger partial charge is 0.182 e. The van der Waals surface area contributed by atoms with Crippen molar-refractivity contribution in [2.75, 3.05) is 26.8 Å². The zero-order chi connectivity index (χ0) is 26.0. The third-order valence-corrected chi connectivity index (χ3v) is 7.03. The maximum atomic E-state index is 13.6. The molecule has 3 rings (SSSR count). The third-order valence-electron chi connectivity index (χ3n) is 7.03. The van der Waals surface area contributed by atoms with Gasteiger partial charge >= 0.3 is 0 Å². The van der Waals surface area contributed by atoms with E-state index in [1.165, 1.54) is 0 Å².